The van der Waals surface area contributed by atoms with Gasteiger partial charge >= 0.3 is 0 Å². The third-order valence-electron chi connectivity index (χ3n) is 6.26. The molecule has 4 heterocycles. The van der Waals surface area contributed by atoms with Gasteiger partial charge in [0, 0.05) is 37.3 Å². The first-order chi connectivity index (χ1) is 15.6. The molecule has 1 aromatic carbocycles. The van der Waals surface area contributed by atoms with Gasteiger partial charge < -0.3 is 15.2 Å². The van der Waals surface area contributed by atoms with Gasteiger partial charge in [0.15, 0.2) is 0 Å². The Morgan fingerprint density at radius 1 is 1.25 bits per heavy atom. The fourth-order valence-electron chi connectivity index (χ4n) is 4.78. The Kier molecular flexibility index (Phi) is 5.11. The Hall–Kier alpha value is -3.70. The van der Waals surface area contributed by atoms with Crippen LogP contribution in [-0.2, 0) is 13.1 Å². The van der Waals surface area contributed by atoms with Crippen molar-refractivity contribution in [1.29, 1.82) is 5.26 Å². The van der Waals surface area contributed by atoms with Crippen LogP contribution in [0.2, 0.25) is 0 Å². The molecule has 8 nitrogen and oxygen atoms in total. The maximum Gasteiger partial charge on any atom is 0.278 e. The van der Waals surface area contributed by atoms with E-state index in [0.717, 1.165) is 41.7 Å². The third kappa shape index (κ3) is 3.22. The van der Waals surface area contributed by atoms with Gasteiger partial charge in [-0.2, -0.15) is 5.26 Å². The van der Waals surface area contributed by atoms with E-state index >= 15 is 0 Å². The van der Waals surface area contributed by atoms with Crippen LogP contribution in [0.15, 0.2) is 47.7 Å². The average molecular weight is 428 g/mol. The molecule has 3 aromatic heterocycles. The molecule has 8 heteroatoms. The zero-order valence-electron chi connectivity index (χ0n) is 18.0. The quantitative estimate of drug-likeness (QED) is 0.537. The van der Waals surface area contributed by atoms with E-state index in [9.17, 15) is 10.1 Å². The molecule has 1 fully saturated rings. The van der Waals surface area contributed by atoms with E-state index in [1.165, 1.54) is 6.33 Å². The number of rotatable bonds is 4. The van der Waals surface area contributed by atoms with Crippen LogP contribution < -0.4 is 16.2 Å². The highest BCUT2D eigenvalue weighted by Gasteiger charge is 2.28. The number of hydrogen-bond donors (Lipinski definition) is 1. The van der Waals surface area contributed by atoms with Gasteiger partial charge in [-0.25, -0.2) is 4.98 Å². The van der Waals surface area contributed by atoms with Crippen molar-refractivity contribution in [1.82, 2.24) is 19.1 Å². The number of piperidine rings is 1. The normalized spacial score (nSPS) is 16.5. The van der Waals surface area contributed by atoms with Crippen LogP contribution in [0.4, 0.5) is 5.82 Å². The summed E-state index contributed by atoms with van der Waals surface area (Å²) < 4.78 is 3.50. The Morgan fingerprint density at radius 3 is 2.88 bits per heavy atom. The van der Waals surface area contributed by atoms with E-state index in [2.05, 4.69) is 20.9 Å². The number of pyridine rings is 1. The number of nitrogens with zero attached hydrogens (tertiary/aromatic N) is 6. The molecule has 1 atom stereocenters. The SMILES string of the molecule is CCn1c(N2CCC[C@H](N)C2)c(C#N)c2ncn(Cc3nccc4ccccc34)c(=O)c21. The van der Waals surface area contributed by atoms with Gasteiger partial charge in [-0.1, -0.05) is 24.3 Å². The van der Waals surface area contributed by atoms with Gasteiger partial charge in [-0.15, -0.1) is 0 Å². The Bertz CT molecular complexity index is 1410. The second-order valence-corrected chi connectivity index (χ2v) is 8.26. The van der Waals surface area contributed by atoms with Gasteiger partial charge in [0.2, 0.25) is 0 Å². The first-order valence-electron chi connectivity index (χ1n) is 11.0. The highest BCUT2D eigenvalue weighted by Crippen LogP contribution is 2.31. The summed E-state index contributed by atoms with van der Waals surface area (Å²) in [5, 5.41) is 12.0. The van der Waals surface area contributed by atoms with Gasteiger partial charge in [-0.05, 0) is 31.2 Å². The van der Waals surface area contributed by atoms with Gasteiger partial charge in [0.1, 0.15) is 28.5 Å². The number of benzene rings is 1. The molecule has 0 aliphatic carbocycles. The fraction of sp³-hybridized carbons (Fsp3) is 0.333. The maximum atomic E-state index is 13.6. The molecule has 0 radical (unpaired) electrons. The predicted octanol–water partition coefficient (Wildman–Crippen LogP) is 2.61. The second kappa shape index (κ2) is 8.09. The fourth-order valence-corrected chi connectivity index (χ4v) is 4.78. The van der Waals surface area contributed by atoms with E-state index in [1.54, 1.807) is 10.8 Å². The lowest BCUT2D eigenvalue weighted by Crippen LogP contribution is -2.44. The number of nitrogens with two attached hydrogens (primary N) is 1. The van der Waals surface area contributed by atoms with Crippen LogP contribution in [0.5, 0.6) is 0 Å². The minimum Gasteiger partial charge on any atom is -0.355 e. The predicted molar refractivity (Wildman–Crippen MR) is 125 cm³/mol. The maximum absolute atomic E-state index is 13.6. The van der Waals surface area contributed by atoms with Crippen molar-refractivity contribution in [3.05, 3.63) is 64.5 Å². The molecular weight excluding hydrogens is 402 g/mol. The first-order valence-corrected chi connectivity index (χ1v) is 11.0. The van der Waals surface area contributed by atoms with E-state index in [4.69, 9.17) is 5.73 Å². The summed E-state index contributed by atoms with van der Waals surface area (Å²) in [4.78, 5) is 24.8. The number of aromatic nitrogens is 4. The van der Waals surface area contributed by atoms with Gasteiger partial charge in [0.25, 0.3) is 5.56 Å². The van der Waals surface area contributed by atoms with Gasteiger partial charge in [0.05, 0.1) is 18.6 Å². The summed E-state index contributed by atoms with van der Waals surface area (Å²) in [5.74, 6) is 0.755. The van der Waals surface area contributed by atoms with Crippen molar-refractivity contribution in [3.8, 4) is 6.07 Å². The number of anilines is 1. The molecular formula is C24H25N7O. The van der Waals surface area contributed by atoms with Crippen molar-refractivity contribution < 1.29 is 0 Å². The van der Waals surface area contributed by atoms with E-state index < -0.39 is 0 Å². The Labute approximate surface area is 185 Å². The molecule has 0 spiro atoms. The van der Waals surface area contributed by atoms with Crippen LogP contribution in [0.3, 0.4) is 0 Å². The van der Waals surface area contributed by atoms with Crippen molar-refractivity contribution in [2.45, 2.75) is 38.9 Å². The molecule has 1 aliphatic rings. The molecule has 32 heavy (non-hydrogen) atoms. The number of fused-ring (bicyclic) bond motifs is 2. The lowest BCUT2D eigenvalue weighted by atomic mass is 10.1. The Morgan fingerprint density at radius 2 is 2.09 bits per heavy atom. The molecule has 162 valence electrons. The van der Waals surface area contributed by atoms with Crippen LogP contribution in [-0.4, -0.2) is 38.2 Å². The van der Waals surface area contributed by atoms with E-state index in [-0.39, 0.29) is 11.6 Å². The second-order valence-electron chi connectivity index (χ2n) is 8.26. The smallest absolute Gasteiger partial charge is 0.278 e. The molecule has 0 amide bonds. The largest absolute Gasteiger partial charge is 0.355 e. The molecule has 1 saturated heterocycles. The molecule has 5 rings (SSSR count). The molecule has 4 aromatic rings. The summed E-state index contributed by atoms with van der Waals surface area (Å²) in [7, 11) is 0. The van der Waals surface area contributed by atoms with Crippen LogP contribution in [0.1, 0.15) is 31.0 Å². The molecule has 2 N–H and O–H groups in total. The zero-order valence-corrected chi connectivity index (χ0v) is 18.0. The van der Waals surface area contributed by atoms with Crippen molar-refractivity contribution >= 4 is 27.6 Å². The van der Waals surface area contributed by atoms with E-state index in [1.807, 2.05) is 41.8 Å². The van der Waals surface area contributed by atoms with Crippen LogP contribution >= 0.6 is 0 Å². The summed E-state index contributed by atoms with van der Waals surface area (Å²) >= 11 is 0. The molecule has 0 saturated carbocycles. The topological polar surface area (TPSA) is 106 Å². The monoisotopic (exact) mass is 427 g/mol. The number of hydrogen-bond acceptors (Lipinski definition) is 6. The number of nitriles is 1. The van der Waals surface area contributed by atoms with Crippen molar-refractivity contribution in [3.63, 3.8) is 0 Å². The summed E-state index contributed by atoms with van der Waals surface area (Å²) in [6.45, 7) is 4.33. The molecule has 0 unspecified atom stereocenters. The average Bonchev–Trinajstić information content (AvgIpc) is 3.15. The lowest BCUT2D eigenvalue weighted by Gasteiger charge is -2.33. The molecule has 0 bridgehead atoms. The lowest BCUT2D eigenvalue weighted by molar-refractivity contribution is 0.498. The number of aryl methyl sites for hydroxylation is 1. The van der Waals surface area contributed by atoms with Gasteiger partial charge in [-0.3, -0.25) is 14.3 Å². The summed E-state index contributed by atoms with van der Waals surface area (Å²) in [6.07, 6.45) is 5.21. The zero-order chi connectivity index (χ0) is 22.2. The highest BCUT2D eigenvalue weighted by atomic mass is 16.1. The Balaban J connectivity index is 1.67. The van der Waals surface area contributed by atoms with E-state index in [0.29, 0.717) is 36.2 Å². The third-order valence-corrected chi connectivity index (χ3v) is 6.26. The van der Waals surface area contributed by atoms with Crippen molar-refractivity contribution in [2.75, 3.05) is 18.0 Å². The molecule has 1 aliphatic heterocycles. The first kappa shape index (κ1) is 20.2. The minimum absolute atomic E-state index is 0.0562. The van der Waals surface area contributed by atoms with Crippen LogP contribution in [0, 0.1) is 11.3 Å². The summed E-state index contributed by atoms with van der Waals surface area (Å²) in [6, 6.07) is 12.3. The highest BCUT2D eigenvalue weighted by molar-refractivity contribution is 5.89. The van der Waals surface area contributed by atoms with Crippen LogP contribution in [0.25, 0.3) is 21.8 Å². The standard InChI is InChI=1S/C24H25N7O/c1-2-31-22-21(19(12-25)23(31)29-11-5-7-17(26)13-29)28-15-30(24(22)32)14-20-18-8-4-3-6-16(18)9-10-27-20/h3-4,6,8-10,15,17H,2,5,7,11,13-14,26H2,1H3/t17-/m0/s1. The minimum atomic E-state index is -0.171. The van der Waals surface area contributed by atoms with Crippen molar-refractivity contribution in [2.24, 2.45) is 5.73 Å². The summed E-state index contributed by atoms with van der Waals surface area (Å²) in [5.41, 5.74) is 8.20.